The molecule has 19 N–H and O–H groups in total. The van der Waals surface area contributed by atoms with Crippen molar-refractivity contribution in [2.75, 3.05) is 19.7 Å². The molecule has 0 aliphatic rings. The van der Waals surface area contributed by atoms with Crippen LogP contribution in [0.15, 0.2) is 48.0 Å². The smallest absolute Gasteiger partial charge is 0.305 e. The van der Waals surface area contributed by atoms with Gasteiger partial charge in [0.15, 0.2) is 5.96 Å². The number of guanidine groups is 1. The number of benzene rings is 1. The minimum absolute atomic E-state index is 0.0129. The van der Waals surface area contributed by atoms with Crippen molar-refractivity contribution >= 4 is 76.0 Å². The molecule has 0 fully saturated rings. The second kappa shape index (κ2) is 28.5. The first-order valence-electron chi connectivity index (χ1n) is 22.7. The van der Waals surface area contributed by atoms with Crippen molar-refractivity contribution in [3.05, 3.63) is 54.2 Å². The van der Waals surface area contributed by atoms with Gasteiger partial charge < -0.3 is 85.0 Å². The molecule has 72 heavy (non-hydrogen) atoms. The van der Waals surface area contributed by atoms with E-state index in [1.165, 1.54) is 19.4 Å². The zero-order chi connectivity index (χ0) is 53.7. The molecule has 0 unspecified atom stereocenters. The van der Waals surface area contributed by atoms with E-state index < -0.39 is 127 Å². The Morgan fingerprint density at radius 2 is 1.33 bits per heavy atom. The molecule has 0 spiro atoms. The fourth-order valence-corrected chi connectivity index (χ4v) is 7.14. The number of hydrogen-bond acceptors (Lipinski definition) is 14. The summed E-state index contributed by atoms with van der Waals surface area (Å²) in [5.41, 5.74) is 18.0. The van der Waals surface area contributed by atoms with Gasteiger partial charge in [0.25, 0.3) is 0 Å². The number of hydrogen-bond donors (Lipinski definition) is 16. The number of carbonyl (C=O) groups is 10. The lowest BCUT2D eigenvalue weighted by atomic mass is 10.0. The number of nitrogens with one attached hydrogen (secondary N) is 10. The van der Waals surface area contributed by atoms with Gasteiger partial charge in [-0.2, -0.15) is 0 Å². The molecule has 0 radical (unpaired) electrons. The zero-order valence-corrected chi connectivity index (χ0v) is 40.2. The van der Waals surface area contributed by atoms with Crippen molar-refractivity contribution in [2.45, 2.75) is 115 Å². The number of aromatic nitrogens is 3. The van der Waals surface area contributed by atoms with Crippen LogP contribution < -0.4 is 59.7 Å². The molecular weight excluding hydrogens is 947 g/mol. The first kappa shape index (κ1) is 58.2. The van der Waals surface area contributed by atoms with Crippen molar-refractivity contribution in [1.82, 2.24) is 57.5 Å². The largest absolute Gasteiger partial charge is 0.481 e. The van der Waals surface area contributed by atoms with Crippen molar-refractivity contribution in [3.63, 3.8) is 0 Å². The van der Waals surface area contributed by atoms with Crippen LogP contribution >= 0.6 is 0 Å². The van der Waals surface area contributed by atoms with Crippen LogP contribution in [0.1, 0.15) is 64.6 Å². The van der Waals surface area contributed by atoms with Gasteiger partial charge in [-0.1, -0.05) is 32.0 Å². The van der Waals surface area contributed by atoms with Crippen molar-refractivity contribution < 1.29 is 63.3 Å². The monoisotopic (exact) mass is 1010 g/mol. The molecule has 2 heterocycles. The number of nitrogens with two attached hydrogens (primary N) is 3. The minimum Gasteiger partial charge on any atom is -0.481 e. The zero-order valence-electron chi connectivity index (χ0n) is 40.2. The highest BCUT2D eigenvalue weighted by Crippen LogP contribution is 2.20. The number of carboxylic acid groups (broad SMARTS) is 1. The quantitative estimate of drug-likeness (QED) is 0.0168. The standard InChI is InChI=1S/C44H65N15O13/c1-21(2)12-29(39(68)57-32(15-35(64)65)42(71)59-36(22(3)61)43(72)58-33(19-60)37(45)66)54-34(63)18-51-38(67)28(10-7-11-49-44(46)47)55-40(69)30(13-24-16-50-27-9-6-5-8-26(24)27)56-41(70)31(53-23(4)62)14-25-17-48-20-52-25/h5-6,8-9,16-17,20-22,28-33,36,50,60-61H,7,10-15,18-19H2,1-4H3,(H2,45,66)(H,48,52)(H,51,67)(H,53,62)(H,54,63)(H,55,69)(H,56,70)(H,57,68)(H,58,72)(H,59,71)(H,64,65)(H4,46,47,49)/t22-,28+,29+,30+,31+,32+,33+,36+/m1/s1. The fraction of sp³-hybridized carbons (Fsp3) is 0.500. The first-order chi connectivity index (χ1) is 34.0. The SMILES string of the molecule is CC(=O)N[C@@H](Cc1cnc[nH]1)C(=O)N[C@@H](Cc1c[nH]c2ccccc12)C(=O)N[C@@H](CCCN=C(N)N)C(=O)NCC(=O)N[C@@H](CC(C)C)C(=O)N[C@@H](CC(=O)O)C(=O)N[C@H](C(=O)N[C@@H](CO)C(N)=O)[C@@H](C)O. The fourth-order valence-electron chi connectivity index (χ4n) is 7.14. The summed E-state index contributed by atoms with van der Waals surface area (Å²) in [5, 5.41) is 49.1. The van der Waals surface area contributed by atoms with Crippen LogP contribution in [0.4, 0.5) is 0 Å². The molecule has 3 rings (SSSR count). The number of aliphatic hydroxyl groups is 2. The number of carbonyl (C=O) groups excluding carboxylic acids is 9. The second-order valence-electron chi connectivity index (χ2n) is 17.2. The number of primary amides is 1. The Morgan fingerprint density at radius 1 is 0.722 bits per heavy atom. The molecule has 0 aliphatic carbocycles. The van der Waals surface area contributed by atoms with Crippen LogP contribution in [-0.2, 0) is 60.8 Å². The number of rotatable bonds is 30. The number of aliphatic carboxylic acids is 1. The molecule has 3 aromatic rings. The number of aliphatic hydroxyl groups excluding tert-OH is 2. The van der Waals surface area contributed by atoms with Gasteiger partial charge in [0.2, 0.25) is 53.2 Å². The summed E-state index contributed by atoms with van der Waals surface area (Å²) in [6, 6.07) is -3.40. The van der Waals surface area contributed by atoms with Crippen LogP contribution in [0.2, 0.25) is 0 Å². The maximum atomic E-state index is 14.3. The van der Waals surface area contributed by atoms with Crippen LogP contribution in [0, 0.1) is 5.92 Å². The van der Waals surface area contributed by atoms with Crippen LogP contribution in [0.3, 0.4) is 0 Å². The Labute approximate surface area is 412 Å². The number of H-pyrrole nitrogens is 2. The molecular formula is C44H65N15O13. The predicted molar refractivity (Wildman–Crippen MR) is 256 cm³/mol. The van der Waals surface area contributed by atoms with E-state index in [4.69, 9.17) is 17.2 Å². The van der Waals surface area contributed by atoms with Crippen molar-refractivity contribution in [3.8, 4) is 0 Å². The molecule has 9 amide bonds. The minimum atomic E-state index is -1.89. The number of amides is 9. The topological polar surface area (TPSA) is 463 Å². The summed E-state index contributed by atoms with van der Waals surface area (Å²) >= 11 is 0. The van der Waals surface area contributed by atoms with E-state index in [2.05, 4.69) is 57.2 Å². The number of aliphatic imine (C=N–C) groups is 1. The highest BCUT2D eigenvalue weighted by Gasteiger charge is 2.35. The third-order valence-electron chi connectivity index (χ3n) is 10.7. The average molecular weight is 1010 g/mol. The average Bonchev–Trinajstić information content (AvgIpc) is 3.98. The Morgan fingerprint density at radius 3 is 1.92 bits per heavy atom. The second-order valence-corrected chi connectivity index (χ2v) is 17.2. The van der Waals surface area contributed by atoms with Gasteiger partial charge in [-0.15, -0.1) is 0 Å². The summed E-state index contributed by atoms with van der Waals surface area (Å²) in [6.07, 6.45) is 1.73. The molecule has 28 heteroatoms. The van der Waals surface area contributed by atoms with E-state index >= 15 is 0 Å². The van der Waals surface area contributed by atoms with Crippen LogP contribution in [0.5, 0.6) is 0 Å². The first-order valence-corrected chi connectivity index (χ1v) is 22.7. The Balaban J connectivity index is 1.83. The number of fused-ring (bicyclic) bond motifs is 1. The van der Waals surface area contributed by atoms with Gasteiger partial charge in [-0.25, -0.2) is 4.98 Å². The van der Waals surface area contributed by atoms with Gasteiger partial charge in [0, 0.05) is 55.3 Å². The van der Waals surface area contributed by atoms with Gasteiger partial charge in [0.05, 0.1) is 32.0 Å². The highest BCUT2D eigenvalue weighted by molar-refractivity contribution is 5.98. The molecule has 394 valence electrons. The van der Waals surface area contributed by atoms with Gasteiger partial charge in [0.1, 0.15) is 42.3 Å². The van der Waals surface area contributed by atoms with Crippen molar-refractivity contribution in [2.24, 2.45) is 28.1 Å². The van der Waals surface area contributed by atoms with Gasteiger partial charge in [-0.05, 0) is 43.7 Å². The van der Waals surface area contributed by atoms with E-state index in [9.17, 15) is 63.3 Å². The van der Waals surface area contributed by atoms with E-state index in [1.54, 1.807) is 32.2 Å². The van der Waals surface area contributed by atoms with E-state index in [0.717, 1.165) is 17.8 Å². The summed E-state index contributed by atoms with van der Waals surface area (Å²) in [6.45, 7) is 4.03. The van der Waals surface area contributed by atoms with Crippen LogP contribution in [0.25, 0.3) is 10.9 Å². The summed E-state index contributed by atoms with van der Waals surface area (Å²) < 4.78 is 0. The van der Waals surface area contributed by atoms with Gasteiger partial charge in [-0.3, -0.25) is 52.9 Å². The molecule has 1 aromatic carbocycles. The third-order valence-corrected chi connectivity index (χ3v) is 10.7. The number of carboxylic acids is 1. The Bertz CT molecular complexity index is 2400. The summed E-state index contributed by atoms with van der Waals surface area (Å²) in [7, 11) is 0. The van der Waals surface area contributed by atoms with Crippen molar-refractivity contribution in [1.29, 1.82) is 0 Å². The molecule has 2 aromatic heterocycles. The lowest BCUT2D eigenvalue weighted by molar-refractivity contribution is -0.142. The maximum Gasteiger partial charge on any atom is 0.305 e. The van der Waals surface area contributed by atoms with E-state index in [-0.39, 0.29) is 50.5 Å². The molecule has 28 nitrogen and oxygen atoms in total. The molecule has 0 bridgehead atoms. The number of nitrogens with zero attached hydrogens (tertiary/aromatic N) is 2. The lowest BCUT2D eigenvalue weighted by Gasteiger charge is -2.27. The normalized spacial score (nSPS) is 14.4. The highest BCUT2D eigenvalue weighted by atomic mass is 16.4. The predicted octanol–water partition coefficient (Wildman–Crippen LogP) is -5.36. The molecule has 0 saturated heterocycles. The Hall–Kier alpha value is -8.14. The number of para-hydroxylation sites is 1. The van der Waals surface area contributed by atoms with E-state index in [1.807, 2.05) is 17.4 Å². The van der Waals surface area contributed by atoms with Gasteiger partial charge >= 0.3 is 5.97 Å². The maximum absolute atomic E-state index is 14.3. The molecule has 0 aliphatic heterocycles. The lowest BCUT2D eigenvalue weighted by Crippen LogP contribution is -2.61. The number of aromatic amines is 2. The van der Waals surface area contributed by atoms with E-state index in [0.29, 0.717) is 11.3 Å². The number of imidazole rings is 1. The molecule has 0 saturated carbocycles. The Kier molecular flexibility index (Phi) is 23.0. The van der Waals surface area contributed by atoms with Crippen LogP contribution in [-0.4, -0.2) is 163 Å². The molecule has 8 atom stereocenters. The summed E-state index contributed by atoms with van der Waals surface area (Å²) in [5.74, 6) is -10.6. The summed E-state index contributed by atoms with van der Waals surface area (Å²) in [4.78, 5) is 145. The third kappa shape index (κ3) is 19.3.